The number of aromatic nitrogens is 8. The third kappa shape index (κ3) is 2.47. The predicted octanol–water partition coefficient (Wildman–Crippen LogP) is 2.39. The summed E-state index contributed by atoms with van der Waals surface area (Å²) in [7, 11) is 5.89. The van der Waals surface area contributed by atoms with E-state index in [1.54, 1.807) is 0 Å². The summed E-state index contributed by atoms with van der Waals surface area (Å²) >= 11 is 0. The maximum Gasteiger partial charge on any atom is 0.180 e. The predicted molar refractivity (Wildman–Crippen MR) is 101 cm³/mol. The molecule has 1 saturated carbocycles. The molecule has 5 rings (SSSR count). The van der Waals surface area contributed by atoms with Gasteiger partial charge in [-0.05, 0) is 37.8 Å². The van der Waals surface area contributed by atoms with Crippen molar-refractivity contribution >= 4 is 11.2 Å². The Labute approximate surface area is 156 Å². The second-order valence-corrected chi connectivity index (χ2v) is 7.50. The van der Waals surface area contributed by atoms with Crippen molar-refractivity contribution in [3.63, 3.8) is 0 Å². The van der Waals surface area contributed by atoms with Crippen molar-refractivity contribution < 1.29 is 0 Å². The van der Waals surface area contributed by atoms with Crippen LogP contribution in [0.1, 0.15) is 41.0 Å². The quantitative estimate of drug-likeness (QED) is 0.559. The second kappa shape index (κ2) is 5.48. The van der Waals surface area contributed by atoms with Gasteiger partial charge in [-0.15, -0.1) is 0 Å². The second-order valence-electron chi connectivity index (χ2n) is 7.50. The molecule has 4 aromatic heterocycles. The van der Waals surface area contributed by atoms with Crippen LogP contribution in [0.5, 0.6) is 0 Å². The monoisotopic (exact) mass is 362 g/mol. The molecule has 2 atom stereocenters. The Morgan fingerprint density at radius 1 is 1.04 bits per heavy atom. The van der Waals surface area contributed by atoms with E-state index >= 15 is 0 Å². The van der Waals surface area contributed by atoms with Crippen molar-refractivity contribution in [1.82, 2.24) is 39.1 Å². The topological polar surface area (TPSA) is 79.2 Å². The third-order valence-electron chi connectivity index (χ3n) is 5.57. The molecule has 0 saturated heterocycles. The highest BCUT2D eigenvalue weighted by atomic mass is 15.3. The molecule has 1 aliphatic carbocycles. The Morgan fingerprint density at radius 3 is 2.59 bits per heavy atom. The van der Waals surface area contributed by atoms with Gasteiger partial charge in [-0.3, -0.25) is 9.36 Å². The fraction of sp³-hybridized carbons (Fsp3) is 0.421. The molecule has 0 unspecified atom stereocenters. The fourth-order valence-corrected chi connectivity index (χ4v) is 3.82. The van der Waals surface area contributed by atoms with Gasteiger partial charge in [-0.1, -0.05) is 0 Å². The van der Waals surface area contributed by atoms with Gasteiger partial charge in [0, 0.05) is 33.3 Å². The van der Waals surface area contributed by atoms with Gasteiger partial charge in [0.05, 0.1) is 17.6 Å². The minimum Gasteiger partial charge on any atom is -0.316 e. The summed E-state index contributed by atoms with van der Waals surface area (Å²) in [5.74, 6) is 2.58. The summed E-state index contributed by atoms with van der Waals surface area (Å²) in [6, 6.07) is 2.13. The first-order valence-corrected chi connectivity index (χ1v) is 9.13. The van der Waals surface area contributed by atoms with Crippen molar-refractivity contribution in [1.29, 1.82) is 0 Å². The molecule has 1 fully saturated rings. The van der Waals surface area contributed by atoms with Gasteiger partial charge in [0.15, 0.2) is 11.5 Å². The molecule has 0 aliphatic heterocycles. The zero-order valence-electron chi connectivity index (χ0n) is 16.2. The van der Waals surface area contributed by atoms with Gasteiger partial charge < -0.3 is 4.57 Å². The average Bonchev–Trinajstić information content (AvgIpc) is 3.01. The lowest BCUT2D eigenvalue weighted by Crippen LogP contribution is -2.01. The molecule has 8 nitrogen and oxygen atoms in total. The van der Waals surface area contributed by atoms with Crippen LogP contribution < -0.4 is 0 Å². The molecule has 0 aromatic carbocycles. The van der Waals surface area contributed by atoms with E-state index in [1.807, 2.05) is 55.1 Å². The van der Waals surface area contributed by atoms with Crippen LogP contribution in [-0.2, 0) is 21.1 Å². The molecular formula is C19H22N8. The number of fused-ring (bicyclic) bond motifs is 1. The van der Waals surface area contributed by atoms with Gasteiger partial charge in [0.25, 0.3) is 0 Å². The maximum absolute atomic E-state index is 4.78. The maximum atomic E-state index is 4.78. The van der Waals surface area contributed by atoms with E-state index in [1.165, 1.54) is 5.56 Å². The van der Waals surface area contributed by atoms with Crippen molar-refractivity contribution in [3.05, 3.63) is 41.2 Å². The van der Waals surface area contributed by atoms with Crippen LogP contribution in [0.3, 0.4) is 0 Å². The molecule has 0 amide bonds. The summed E-state index contributed by atoms with van der Waals surface area (Å²) in [5.41, 5.74) is 5.93. The summed E-state index contributed by atoms with van der Waals surface area (Å²) in [4.78, 5) is 14.0. The standard InChI is InChI=1S/C19H22N8/c1-10-17-19(26(4)11(2)22-17)23-18(21-10)16-7-15(24-27(16)5)14-6-13(14)12-8-20-25(3)9-12/h7-9,13-14H,6H2,1-5H3/t13-,14+/m1/s1. The number of hydrogen-bond acceptors (Lipinski definition) is 5. The first-order chi connectivity index (χ1) is 12.9. The summed E-state index contributed by atoms with van der Waals surface area (Å²) < 4.78 is 5.75. The van der Waals surface area contributed by atoms with Crippen LogP contribution in [0.25, 0.3) is 22.7 Å². The Kier molecular flexibility index (Phi) is 3.28. The van der Waals surface area contributed by atoms with Gasteiger partial charge in [-0.2, -0.15) is 10.2 Å². The van der Waals surface area contributed by atoms with E-state index in [-0.39, 0.29) is 0 Å². The number of imidazole rings is 1. The summed E-state index contributed by atoms with van der Waals surface area (Å²) in [5, 5.41) is 9.04. The zero-order chi connectivity index (χ0) is 18.9. The average molecular weight is 362 g/mol. The van der Waals surface area contributed by atoms with E-state index in [9.17, 15) is 0 Å². The molecule has 0 radical (unpaired) electrons. The highest BCUT2D eigenvalue weighted by Gasteiger charge is 2.42. The van der Waals surface area contributed by atoms with Crippen molar-refractivity contribution in [3.8, 4) is 11.5 Å². The Bertz CT molecular complexity index is 1180. The number of hydrogen-bond donors (Lipinski definition) is 0. The first kappa shape index (κ1) is 16.2. The van der Waals surface area contributed by atoms with Crippen LogP contribution in [0, 0.1) is 13.8 Å². The van der Waals surface area contributed by atoms with Crippen molar-refractivity contribution in [2.75, 3.05) is 0 Å². The summed E-state index contributed by atoms with van der Waals surface area (Å²) in [6.07, 6.45) is 5.17. The molecule has 27 heavy (non-hydrogen) atoms. The number of nitrogens with zero attached hydrogens (tertiary/aromatic N) is 8. The Balaban J connectivity index is 1.52. The largest absolute Gasteiger partial charge is 0.316 e. The smallest absolute Gasteiger partial charge is 0.180 e. The first-order valence-electron chi connectivity index (χ1n) is 9.13. The Hall–Kier alpha value is -3.03. The van der Waals surface area contributed by atoms with Crippen LogP contribution in [0.15, 0.2) is 18.5 Å². The van der Waals surface area contributed by atoms with Gasteiger partial charge in [-0.25, -0.2) is 15.0 Å². The van der Waals surface area contributed by atoms with Crippen molar-refractivity contribution in [2.45, 2.75) is 32.1 Å². The SMILES string of the molecule is Cc1nc(-c2cc([C@H]3C[C@@H]3c3cnn(C)c3)nn2C)nc2c1nc(C)n2C. The molecule has 4 heterocycles. The fourth-order valence-electron chi connectivity index (χ4n) is 3.82. The normalized spacial score (nSPS) is 19.1. The lowest BCUT2D eigenvalue weighted by Gasteiger charge is -2.03. The number of rotatable bonds is 3. The highest BCUT2D eigenvalue weighted by molar-refractivity contribution is 5.76. The lowest BCUT2D eigenvalue weighted by atomic mass is 10.1. The highest BCUT2D eigenvalue weighted by Crippen LogP contribution is 2.54. The number of aryl methyl sites for hydroxylation is 5. The van der Waals surface area contributed by atoms with E-state index in [0.29, 0.717) is 17.7 Å². The van der Waals surface area contributed by atoms with E-state index in [4.69, 9.17) is 15.1 Å². The Morgan fingerprint density at radius 2 is 1.85 bits per heavy atom. The molecular weight excluding hydrogens is 340 g/mol. The van der Waals surface area contributed by atoms with Crippen LogP contribution in [0.2, 0.25) is 0 Å². The van der Waals surface area contributed by atoms with Gasteiger partial charge >= 0.3 is 0 Å². The molecule has 138 valence electrons. The van der Waals surface area contributed by atoms with Crippen LogP contribution in [-0.4, -0.2) is 39.1 Å². The van der Waals surface area contributed by atoms with E-state index < -0.39 is 0 Å². The minimum atomic E-state index is 0.443. The van der Waals surface area contributed by atoms with E-state index in [2.05, 4.69) is 22.3 Å². The minimum absolute atomic E-state index is 0.443. The molecule has 0 N–H and O–H groups in total. The molecule has 0 spiro atoms. The van der Waals surface area contributed by atoms with E-state index in [0.717, 1.165) is 40.5 Å². The van der Waals surface area contributed by atoms with Crippen LogP contribution in [0.4, 0.5) is 0 Å². The molecule has 4 aromatic rings. The van der Waals surface area contributed by atoms with Gasteiger partial charge in [0.2, 0.25) is 0 Å². The zero-order valence-corrected chi connectivity index (χ0v) is 16.2. The lowest BCUT2D eigenvalue weighted by molar-refractivity contribution is 0.742. The molecule has 0 bridgehead atoms. The van der Waals surface area contributed by atoms with Crippen LogP contribution >= 0.6 is 0 Å². The molecule has 8 heteroatoms. The molecule has 1 aliphatic rings. The van der Waals surface area contributed by atoms with Gasteiger partial charge in [0.1, 0.15) is 17.0 Å². The van der Waals surface area contributed by atoms with Crippen molar-refractivity contribution in [2.24, 2.45) is 21.1 Å². The third-order valence-corrected chi connectivity index (χ3v) is 5.57. The summed E-state index contributed by atoms with van der Waals surface area (Å²) in [6.45, 7) is 3.96.